The van der Waals surface area contributed by atoms with E-state index in [0.29, 0.717) is 10.9 Å². The van der Waals surface area contributed by atoms with Crippen LogP contribution in [0.4, 0.5) is 16.2 Å². The first kappa shape index (κ1) is 17.5. The molecule has 2 atom stereocenters. The largest absolute Gasteiger partial charge is 0.323 e. The van der Waals surface area contributed by atoms with E-state index in [0.717, 1.165) is 59.1 Å². The first-order valence-corrected chi connectivity index (χ1v) is 9.97. The lowest BCUT2D eigenvalue weighted by Gasteiger charge is -2.14. The standard InChI is InChI=1S/C22H21ClN4O/c23-15-5-4-13(8-17-18-11-25-12-19(17)18)21(9-15)27-22(28)26-20-3-1-2-14-10-24-7-6-16(14)20/h1-7,9-10,17-19,25H,8,11-12H2,(H2,26,27,28). The van der Waals surface area contributed by atoms with E-state index in [1.807, 2.05) is 42.5 Å². The Morgan fingerprint density at radius 3 is 2.79 bits per heavy atom. The van der Waals surface area contributed by atoms with Crippen LogP contribution in [-0.2, 0) is 6.42 Å². The molecule has 1 saturated carbocycles. The maximum atomic E-state index is 12.7. The fourth-order valence-corrected chi connectivity index (χ4v) is 4.63. The number of urea groups is 1. The number of carbonyl (C=O) groups is 1. The van der Waals surface area contributed by atoms with Crippen LogP contribution in [0.1, 0.15) is 5.56 Å². The average molecular weight is 393 g/mol. The van der Waals surface area contributed by atoms with Gasteiger partial charge in [-0.1, -0.05) is 29.8 Å². The summed E-state index contributed by atoms with van der Waals surface area (Å²) in [6, 6.07) is 13.2. The van der Waals surface area contributed by atoms with Crippen LogP contribution in [0.2, 0.25) is 5.02 Å². The van der Waals surface area contributed by atoms with Gasteiger partial charge in [-0.15, -0.1) is 0 Å². The summed E-state index contributed by atoms with van der Waals surface area (Å²) in [5, 5.41) is 11.9. The van der Waals surface area contributed by atoms with Gasteiger partial charge in [0.25, 0.3) is 0 Å². The van der Waals surface area contributed by atoms with E-state index in [1.165, 1.54) is 0 Å². The zero-order chi connectivity index (χ0) is 19.1. The molecule has 5 rings (SSSR count). The monoisotopic (exact) mass is 392 g/mol. The number of hydrogen-bond donors (Lipinski definition) is 3. The number of carbonyl (C=O) groups excluding carboxylic acids is 1. The van der Waals surface area contributed by atoms with Gasteiger partial charge >= 0.3 is 6.03 Å². The zero-order valence-corrected chi connectivity index (χ0v) is 16.0. The second kappa shape index (κ2) is 7.08. The molecule has 0 bridgehead atoms. The van der Waals surface area contributed by atoms with Crippen molar-refractivity contribution in [3.8, 4) is 0 Å². The molecule has 5 nitrogen and oxygen atoms in total. The van der Waals surface area contributed by atoms with E-state index in [4.69, 9.17) is 11.6 Å². The molecule has 142 valence electrons. The molecule has 0 spiro atoms. The highest BCUT2D eigenvalue weighted by Gasteiger charge is 2.52. The van der Waals surface area contributed by atoms with Crippen LogP contribution in [0.25, 0.3) is 10.8 Å². The molecule has 2 heterocycles. The number of rotatable bonds is 4. The van der Waals surface area contributed by atoms with E-state index in [-0.39, 0.29) is 6.03 Å². The molecule has 1 aliphatic carbocycles. The number of nitrogens with zero attached hydrogens (tertiary/aromatic N) is 1. The summed E-state index contributed by atoms with van der Waals surface area (Å²) in [7, 11) is 0. The van der Waals surface area contributed by atoms with Gasteiger partial charge in [-0.05, 0) is 67.1 Å². The molecular formula is C22H21ClN4O. The SMILES string of the molecule is O=C(Nc1cc(Cl)ccc1CC1C2CNCC21)Nc1cccc2cnccc12. The molecule has 3 N–H and O–H groups in total. The van der Waals surface area contributed by atoms with Crippen LogP contribution in [0.15, 0.2) is 54.9 Å². The topological polar surface area (TPSA) is 66.1 Å². The summed E-state index contributed by atoms with van der Waals surface area (Å²) < 4.78 is 0. The molecule has 28 heavy (non-hydrogen) atoms. The minimum atomic E-state index is -0.273. The van der Waals surface area contributed by atoms with Crippen molar-refractivity contribution in [1.82, 2.24) is 10.3 Å². The molecule has 6 heteroatoms. The van der Waals surface area contributed by atoms with Crippen LogP contribution in [0.3, 0.4) is 0 Å². The van der Waals surface area contributed by atoms with Crippen LogP contribution >= 0.6 is 11.6 Å². The predicted molar refractivity (Wildman–Crippen MR) is 113 cm³/mol. The van der Waals surface area contributed by atoms with Crippen molar-refractivity contribution in [1.29, 1.82) is 0 Å². The maximum absolute atomic E-state index is 12.7. The van der Waals surface area contributed by atoms with E-state index in [9.17, 15) is 4.79 Å². The quantitative estimate of drug-likeness (QED) is 0.610. The predicted octanol–water partition coefficient (Wildman–Crippen LogP) is 4.54. The first-order valence-electron chi connectivity index (χ1n) is 9.59. The van der Waals surface area contributed by atoms with Crippen LogP contribution in [0.5, 0.6) is 0 Å². The maximum Gasteiger partial charge on any atom is 0.323 e. The Labute approximate surface area is 168 Å². The smallest absolute Gasteiger partial charge is 0.316 e. The lowest BCUT2D eigenvalue weighted by Crippen LogP contribution is -2.21. The summed E-state index contributed by atoms with van der Waals surface area (Å²) >= 11 is 6.20. The van der Waals surface area contributed by atoms with E-state index in [2.05, 4.69) is 20.9 Å². The summed E-state index contributed by atoms with van der Waals surface area (Å²) in [6.07, 6.45) is 4.49. The zero-order valence-electron chi connectivity index (χ0n) is 15.3. The number of piperidine rings is 1. The molecule has 2 unspecified atom stereocenters. The Bertz CT molecular complexity index is 1040. The molecular weight excluding hydrogens is 372 g/mol. The van der Waals surface area contributed by atoms with Gasteiger partial charge in [0.05, 0.1) is 5.69 Å². The fraction of sp³-hybridized carbons (Fsp3) is 0.273. The van der Waals surface area contributed by atoms with Crippen LogP contribution in [-0.4, -0.2) is 24.1 Å². The lowest BCUT2D eigenvalue weighted by molar-refractivity contribution is 0.262. The van der Waals surface area contributed by atoms with Gasteiger partial charge in [0.15, 0.2) is 0 Å². The summed E-state index contributed by atoms with van der Waals surface area (Å²) in [5.74, 6) is 2.26. The van der Waals surface area contributed by atoms with Crippen molar-refractivity contribution >= 4 is 39.8 Å². The summed E-state index contributed by atoms with van der Waals surface area (Å²) in [5.41, 5.74) is 2.68. The molecule has 0 radical (unpaired) electrons. The van der Waals surface area contributed by atoms with Crippen LogP contribution in [0, 0.1) is 17.8 Å². The Morgan fingerprint density at radius 2 is 1.93 bits per heavy atom. The van der Waals surface area contributed by atoms with Crippen molar-refractivity contribution in [2.24, 2.45) is 17.8 Å². The molecule has 1 aromatic heterocycles. The van der Waals surface area contributed by atoms with Crippen molar-refractivity contribution in [2.45, 2.75) is 6.42 Å². The summed E-state index contributed by atoms with van der Waals surface area (Å²) in [6.45, 7) is 2.23. The van der Waals surface area contributed by atoms with E-state index < -0.39 is 0 Å². The van der Waals surface area contributed by atoms with Crippen molar-refractivity contribution in [3.63, 3.8) is 0 Å². The molecule has 1 aliphatic heterocycles. The normalized spacial score (nSPS) is 22.7. The van der Waals surface area contributed by atoms with Gasteiger partial charge in [-0.25, -0.2) is 4.79 Å². The van der Waals surface area contributed by atoms with Gasteiger partial charge < -0.3 is 16.0 Å². The Hall–Kier alpha value is -2.63. The number of halogens is 1. The average Bonchev–Trinajstić information content (AvgIpc) is 3.10. The van der Waals surface area contributed by atoms with Gasteiger partial charge in [0, 0.05) is 33.9 Å². The number of pyridine rings is 1. The summed E-state index contributed by atoms with van der Waals surface area (Å²) in [4.78, 5) is 16.8. The number of nitrogens with one attached hydrogen (secondary N) is 3. The second-order valence-corrected chi connectivity index (χ2v) is 8.07. The number of aromatic nitrogens is 1. The van der Waals surface area contributed by atoms with E-state index >= 15 is 0 Å². The minimum absolute atomic E-state index is 0.273. The number of benzene rings is 2. The Balaban J connectivity index is 1.34. The minimum Gasteiger partial charge on any atom is -0.316 e. The van der Waals surface area contributed by atoms with Crippen molar-refractivity contribution in [3.05, 3.63) is 65.4 Å². The van der Waals surface area contributed by atoms with Gasteiger partial charge in [0.1, 0.15) is 0 Å². The third-order valence-corrected chi connectivity index (χ3v) is 6.21. The molecule has 2 amide bonds. The number of fused-ring (bicyclic) bond motifs is 2. The third-order valence-electron chi connectivity index (χ3n) is 5.97. The number of anilines is 2. The highest BCUT2D eigenvalue weighted by molar-refractivity contribution is 6.31. The molecule has 3 aromatic rings. The number of amides is 2. The van der Waals surface area contributed by atoms with Gasteiger partial charge in [-0.3, -0.25) is 4.98 Å². The van der Waals surface area contributed by atoms with Crippen LogP contribution < -0.4 is 16.0 Å². The van der Waals surface area contributed by atoms with Crippen molar-refractivity contribution < 1.29 is 4.79 Å². The molecule has 2 aromatic carbocycles. The van der Waals surface area contributed by atoms with E-state index in [1.54, 1.807) is 12.4 Å². The van der Waals surface area contributed by atoms with Gasteiger partial charge in [0.2, 0.25) is 0 Å². The highest BCUT2D eigenvalue weighted by Crippen LogP contribution is 2.51. The molecule has 1 saturated heterocycles. The fourth-order valence-electron chi connectivity index (χ4n) is 4.45. The van der Waals surface area contributed by atoms with Gasteiger partial charge in [-0.2, -0.15) is 0 Å². The lowest BCUT2D eigenvalue weighted by atomic mass is 10.0. The highest BCUT2D eigenvalue weighted by atomic mass is 35.5. The first-order chi connectivity index (χ1) is 13.7. The molecule has 2 aliphatic rings. The Morgan fingerprint density at radius 1 is 1.11 bits per heavy atom. The molecule has 2 fully saturated rings. The Kier molecular flexibility index (Phi) is 4.41. The second-order valence-electron chi connectivity index (χ2n) is 7.64. The van der Waals surface area contributed by atoms with Crippen molar-refractivity contribution in [2.75, 3.05) is 23.7 Å². The number of hydrogen-bond acceptors (Lipinski definition) is 3. The third kappa shape index (κ3) is 3.32.